The second-order valence-corrected chi connectivity index (χ2v) is 6.16. The molecule has 90 valence electrons. The number of nitrogens with two attached hydrogens (primary N) is 1. The molecule has 2 N–H and O–H groups in total. The number of hydrogen-bond donors (Lipinski definition) is 1. The third kappa shape index (κ3) is 3.79. The Labute approximate surface area is 113 Å². The lowest BCUT2D eigenvalue weighted by molar-refractivity contribution is 0.225. The minimum Gasteiger partial charge on any atom is -0.326 e. The number of rotatable bonds is 5. The zero-order chi connectivity index (χ0) is 12.8. The lowest BCUT2D eigenvalue weighted by Crippen LogP contribution is -2.39. The minimum atomic E-state index is -0.137. The summed E-state index contributed by atoms with van der Waals surface area (Å²) in [5.41, 5.74) is 5.97. The van der Waals surface area contributed by atoms with Crippen molar-refractivity contribution in [3.05, 3.63) is 20.8 Å². The summed E-state index contributed by atoms with van der Waals surface area (Å²) >= 11 is 4.99. The molecule has 1 aromatic rings. The van der Waals surface area contributed by atoms with Crippen LogP contribution < -0.4 is 5.73 Å². The molecular formula is C11H13BrN4S. The van der Waals surface area contributed by atoms with E-state index in [1.807, 2.05) is 19.1 Å². The fourth-order valence-corrected chi connectivity index (χ4v) is 3.37. The first-order chi connectivity index (χ1) is 8.10. The van der Waals surface area contributed by atoms with Crippen LogP contribution in [0.25, 0.3) is 0 Å². The van der Waals surface area contributed by atoms with Gasteiger partial charge in [0.1, 0.15) is 0 Å². The van der Waals surface area contributed by atoms with Crippen molar-refractivity contribution in [2.75, 3.05) is 13.1 Å². The van der Waals surface area contributed by atoms with Gasteiger partial charge < -0.3 is 5.73 Å². The summed E-state index contributed by atoms with van der Waals surface area (Å²) < 4.78 is 1.02. The largest absolute Gasteiger partial charge is 0.326 e. The van der Waals surface area contributed by atoms with Gasteiger partial charge in [-0.25, -0.2) is 0 Å². The van der Waals surface area contributed by atoms with Crippen LogP contribution in [0.15, 0.2) is 15.9 Å². The van der Waals surface area contributed by atoms with E-state index in [9.17, 15) is 0 Å². The Kier molecular flexibility index (Phi) is 5.60. The molecular weight excluding hydrogens is 300 g/mol. The van der Waals surface area contributed by atoms with Gasteiger partial charge in [-0.1, -0.05) is 0 Å². The molecule has 0 fully saturated rings. The first-order valence-corrected chi connectivity index (χ1v) is 6.70. The van der Waals surface area contributed by atoms with E-state index in [0.717, 1.165) is 8.66 Å². The summed E-state index contributed by atoms with van der Waals surface area (Å²) in [6.45, 7) is 2.30. The first kappa shape index (κ1) is 14.1. The Morgan fingerprint density at radius 2 is 2.00 bits per heavy atom. The molecule has 0 saturated heterocycles. The number of halogens is 1. The molecule has 0 saturated carbocycles. The zero-order valence-corrected chi connectivity index (χ0v) is 11.8. The van der Waals surface area contributed by atoms with Crippen LogP contribution in [0.4, 0.5) is 0 Å². The molecule has 0 bridgehead atoms. The predicted molar refractivity (Wildman–Crippen MR) is 71.2 cm³/mol. The summed E-state index contributed by atoms with van der Waals surface area (Å²) in [7, 11) is 0. The van der Waals surface area contributed by atoms with Crippen LogP contribution in [0.3, 0.4) is 0 Å². The van der Waals surface area contributed by atoms with Crippen molar-refractivity contribution >= 4 is 27.3 Å². The maximum Gasteiger partial charge on any atom is 0.0880 e. The summed E-state index contributed by atoms with van der Waals surface area (Å²) in [6.07, 6.45) is 0. The molecule has 4 nitrogen and oxygen atoms in total. The van der Waals surface area contributed by atoms with Crippen molar-refractivity contribution in [2.45, 2.75) is 19.0 Å². The van der Waals surface area contributed by atoms with Crippen molar-refractivity contribution in [1.29, 1.82) is 10.5 Å². The molecule has 0 aromatic carbocycles. The second-order valence-electron chi connectivity index (χ2n) is 3.67. The lowest BCUT2D eigenvalue weighted by atomic mass is 10.1. The van der Waals surface area contributed by atoms with Crippen LogP contribution in [0.1, 0.15) is 17.8 Å². The monoisotopic (exact) mass is 312 g/mol. The van der Waals surface area contributed by atoms with Crippen LogP contribution >= 0.6 is 27.3 Å². The third-order valence-corrected chi connectivity index (χ3v) is 4.02. The zero-order valence-electron chi connectivity index (χ0n) is 9.43. The van der Waals surface area contributed by atoms with Gasteiger partial charge in [-0.05, 0) is 35.0 Å². The van der Waals surface area contributed by atoms with E-state index in [2.05, 4.69) is 28.1 Å². The van der Waals surface area contributed by atoms with Gasteiger partial charge in [0.25, 0.3) is 0 Å². The quantitative estimate of drug-likeness (QED) is 0.846. The average molecular weight is 313 g/mol. The van der Waals surface area contributed by atoms with Crippen molar-refractivity contribution in [3.63, 3.8) is 0 Å². The smallest absolute Gasteiger partial charge is 0.0880 e. The molecule has 0 aliphatic carbocycles. The lowest BCUT2D eigenvalue weighted by Gasteiger charge is -2.29. The van der Waals surface area contributed by atoms with Crippen molar-refractivity contribution in [2.24, 2.45) is 5.73 Å². The molecule has 1 aromatic heterocycles. The summed E-state index contributed by atoms with van der Waals surface area (Å²) in [5.74, 6) is 0. The maximum absolute atomic E-state index is 8.80. The average Bonchev–Trinajstić information content (AvgIpc) is 2.65. The second kappa shape index (κ2) is 6.73. The molecule has 0 aliphatic rings. The SMILES string of the molecule is CC(N)C(c1ccc(Br)s1)N(CC#N)CC#N. The number of nitrogens with zero attached hydrogens (tertiary/aromatic N) is 3. The highest BCUT2D eigenvalue weighted by Gasteiger charge is 2.25. The third-order valence-electron chi connectivity index (χ3n) is 2.32. The Bertz CT molecular complexity index is 427. The van der Waals surface area contributed by atoms with Gasteiger partial charge in [0, 0.05) is 10.9 Å². The van der Waals surface area contributed by atoms with Gasteiger partial charge in [0.05, 0.1) is 35.1 Å². The van der Waals surface area contributed by atoms with E-state index < -0.39 is 0 Å². The normalized spacial score (nSPS) is 14.0. The van der Waals surface area contributed by atoms with Gasteiger partial charge in [0.15, 0.2) is 0 Å². The van der Waals surface area contributed by atoms with Crippen LogP contribution in [-0.2, 0) is 0 Å². The summed E-state index contributed by atoms with van der Waals surface area (Å²) in [4.78, 5) is 2.86. The van der Waals surface area contributed by atoms with Crippen LogP contribution in [0.5, 0.6) is 0 Å². The molecule has 0 spiro atoms. The van der Waals surface area contributed by atoms with E-state index in [-0.39, 0.29) is 25.2 Å². The predicted octanol–water partition coefficient (Wildman–Crippen LogP) is 2.25. The van der Waals surface area contributed by atoms with Crippen molar-refractivity contribution in [1.82, 2.24) is 4.90 Å². The number of thiophene rings is 1. The van der Waals surface area contributed by atoms with Gasteiger partial charge in [-0.3, -0.25) is 4.90 Å². The Morgan fingerprint density at radius 1 is 1.41 bits per heavy atom. The molecule has 2 atom stereocenters. The Hall–Kier alpha value is -0.920. The summed E-state index contributed by atoms with van der Waals surface area (Å²) in [5, 5.41) is 17.6. The minimum absolute atomic E-state index is 0.0920. The van der Waals surface area contributed by atoms with Crippen LogP contribution in [0.2, 0.25) is 0 Å². The fourth-order valence-electron chi connectivity index (χ4n) is 1.69. The standard InChI is InChI=1S/C11H13BrN4S/c1-8(15)11(9-2-3-10(12)17-9)16(6-4-13)7-5-14/h2-3,8,11H,6-7,15H2,1H3. The van der Waals surface area contributed by atoms with E-state index in [4.69, 9.17) is 16.3 Å². The van der Waals surface area contributed by atoms with E-state index in [1.54, 1.807) is 16.2 Å². The summed E-state index contributed by atoms with van der Waals surface area (Å²) in [6, 6.07) is 7.85. The van der Waals surface area contributed by atoms with Crippen LogP contribution in [-0.4, -0.2) is 24.0 Å². The van der Waals surface area contributed by atoms with Gasteiger partial charge in [-0.15, -0.1) is 11.3 Å². The number of nitriles is 2. The fraction of sp³-hybridized carbons (Fsp3) is 0.455. The maximum atomic E-state index is 8.80. The molecule has 0 aliphatic heterocycles. The number of hydrogen-bond acceptors (Lipinski definition) is 5. The Morgan fingerprint density at radius 3 is 2.35 bits per heavy atom. The highest BCUT2D eigenvalue weighted by Crippen LogP contribution is 2.32. The topological polar surface area (TPSA) is 76.8 Å². The highest BCUT2D eigenvalue weighted by molar-refractivity contribution is 9.11. The van der Waals surface area contributed by atoms with Crippen LogP contribution in [0, 0.1) is 22.7 Å². The molecule has 1 heterocycles. The molecule has 17 heavy (non-hydrogen) atoms. The van der Waals surface area contributed by atoms with Crippen molar-refractivity contribution in [3.8, 4) is 12.1 Å². The van der Waals surface area contributed by atoms with Crippen molar-refractivity contribution < 1.29 is 0 Å². The van der Waals surface area contributed by atoms with Gasteiger partial charge >= 0.3 is 0 Å². The van der Waals surface area contributed by atoms with E-state index in [1.165, 1.54) is 0 Å². The molecule has 2 unspecified atom stereocenters. The molecule has 6 heteroatoms. The molecule has 0 amide bonds. The van der Waals surface area contributed by atoms with Gasteiger partial charge in [0.2, 0.25) is 0 Å². The first-order valence-electron chi connectivity index (χ1n) is 5.09. The molecule has 0 radical (unpaired) electrons. The highest BCUT2D eigenvalue weighted by atomic mass is 79.9. The van der Waals surface area contributed by atoms with E-state index >= 15 is 0 Å². The van der Waals surface area contributed by atoms with Gasteiger partial charge in [-0.2, -0.15) is 10.5 Å². The Balaban J connectivity index is 2.99. The van der Waals surface area contributed by atoms with E-state index in [0.29, 0.717) is 0 Å². The molecule has 1 rings (SSSR count).